The molecule has 0 aliphatic carbocycles. The molecule has 2 N–H and O–H groups in total. The average molecular weight is 278 g/mol. The lowest BCUT2D eigenvalue weighted by molar-refractivity contribution is -0.143. The third-order valence-corrected chi connectivity index (χ3v) is 2.61. The van der Waals surface area contributed by atoms with E-state index in [1.54, 1.807) is 17.8 Å². The summed E-state index contributed by atoms with van der Waals surface area (Å²) in [5.74, 6) is -1.55. The summed E-state index contributed by atoms with van der Waals surface area (Å²) in [5.41, 5.74) is 2.05. The highest BCUT2D eigenvalue weighted by molar-refractivity contribution is 5.93. The van der Waals surface area contributed by atoms with E-state index in [0.717, 1.165) is 16.7 Å². The molecule has 8 nitrogen and oxygen atoms in total. The van der Waals surface area contributed by atoms with Crippen molar-refractivity contribution in [3.8, 4) is 0 Å². The highest BCUT2D eigenvalue weighted by atomic mass is 16.5. The number of pyridine rings is 1. The molecule has 0 aliphatic heterocycles. The van der Waals surface area contributed by atoms with Crippen LogP contribution >= 0.6 is 0 Å². The Morgan fingerprint density at radius 1 is 1.45 bits per heavy atom. The maximum atomic E-state index is 11.5. The van der Waals surface area contributed by atoms with Gasteiger partial charge in [0.1, 0.15) is 13.2 Å². The van der Waals surface area contributed by atoms with Crippen molar-refractivity contribution in [3.05, 3.63) is 18.0 Å². The van der Waals surface area contributed by atoms with Crippen molar-refractivity contribution in [1.29, 1.82) is 0 Å². The number of ether oxygens (including phenoxy) is 1. The summed E-state index contributed by atoms with van der Waals surface area (Å²) in [6.45, 7) is 1.02. The monoisotopic (exact) mass is 278 g/mol. The summed E-state index contributed by atoms with van der Waals surface area (Å²) >= 11 is 0. The van der Waals surface area contributed by atoms with Crippen LogP contribution in [0.2, 0.25) is 0 Å². The first-order valence-corrected chi connectivity index (χ1v) is 5.86. The van der Waals surface area contributed by atoms with Gasteiger partial charge >= 0.3 is 5.97 Å². The van der Waals surface area contributed by atoms with Gasteiger partial charge in [0.05, 0.1) is 17.6 Å². The minimum absolute atomic E-state index is 0.323. The zero-order valence-electron chi connectivity index (χ0n) is 11.1. The largest absolute Gasteiger partial charge is 0.480 e. The van der Waals surface area contributed by atoms with Crippen molar-refractivity contribution in [3.63, 3.8) is 0 Å². The van der Waals surface area contributed by atoms with Crippen LogP contribution in [0.25, 0.3) is 11.0 Å². The third kappa shape index (κ3) is 3.09. The Morgan fingerprint density at radius 3 is 2.90 bits per heavy atom. The summed E-state index contributed by atoms with van der Waals surface area (Å²) in [6.07, 6.45) is 1.51. The first-order valence-electron chi connectivity index (χ1n) is 5.86. The van der Waals surface area contributed by atoms with E-state index in [-0.39, 0.29) is 6.61 Å². The number of amides is 1. The van der Waals surface area contributed by atoms with Crippen LogP contribution in [-0.4, -0.2) is 45.0 Å². The van der Waals surface area contributed by atoms with Gasteiger partial charge in [0.15, 0.2) is 5.65 Å². The Bertz CT molecular complexity index is 665. The number of carboxylic acids is 1. The topological polar surface area (TPSA) is 106 Å². The van der Waals surface area contributed by atoms with E-state index in [1.165, 1.54) is 6.20 Å². The fourth-order valence-corrected chi connectivity index (χ4v) is 1.80. The van der Waals surface area contributed by atoms with Gasteiger partial charge in [-0.05, 0) is 13.0 Å². The molecular weight excluding hydrogens is 264 g/mol. The number of aliphatic carboxylic acids is 1. The summed E-state index contributed by atoms with van der Waals surface area (Å²) in [6, 6.07) is 1.76. The van der Waals surface area contributed by atoms with Gasteiger partial charge in [-0.1, -0.05) is 0 Å². The van der Waals surface area contributed by atoms with E-state index < -0.39 is 18.5 Å². The Labute approximate surface area is 114 Å². The molecule has 8 heteroatoms. The predicted molar refractivity (Wildman–Crippen MR) is 70.3 cm³/mol. The quantitative estimate of drug-likeness (QED) is 0.815. The minimum atomic E-state index is -1.12. The van der Waals surface area contributed by atoms with E-state index in [2.05, 4.69) is 15.4 Å². The molecular formula is C12H14N4O4. The van der Waals surface area contributed by atoms with Gasteiger partial charge in [0, 0.05) is 12.4 Å². The number of fused-ring (bicyclic) bond motifs is 1. The number of carbonyl (C=O) groups excluding carboxylic acids is 1. The molecule has 0 radical (unpaired) electrons. The van der Waals surface area contributed by atoms with Gasteiger partial charge in [0.2, 0.25) is 5.91 Å². The minimum Gasteiger partial charge on any atom is -0.480 e. The van der Waals surface area contributed by atoms with Gasteiger partial charge in [-0.2, -0.15) is 5.10 Å². The molecule has 0 aromatic carbocycles. The number of anilines is 1. The number of aromatic nitrogens is 3. The highest BCUT2D eigenvalue weighted by Crippen LogP contribution is 2.19. The van der Waals surface area contributed by atoms with Crippen molar-refractivity contribution >= 4 is 28.6 Å². The second-order valence-electron chi connectivity index (χ2n) is 4.24. The van der Waals surface area contributed by atoms with E-state index in [4.69, 9.17) is 9.84 Å². The number of hydrogen-bond donors (Lipinski definition) is 2. The number of nitrogens with one attached hydrogen (secondary N) is 1. The van der Waals surface area contributed by atoms with Crippen molar-refractivity contribution in [2.75, 3.05) is 18.5 Å². The molecule has 1 amide bonds. The van der Waals surface area contributed by atoms with Crippen molar-refractivity contribution in [1.82, 2.24) is 14.8 Å². The highest BCUT2D eigenvalue weighted by Gasteiger charge is 2.09. The number of hydrogen-bond acceptors (Lipinski definition) is 5. The molecule has 2 aromatic heterocycles. The number of carbonyl (C=O) groups is 2. The molecule has 2 heterocycles. The fraction of sp³-hybridized carbons (Fsp3) is 0.333. The van der Waals surface area contributed by atoms with E-state index in [9.17, 15) is 9.59 Å². The van der Waals surface area contributed by atoms with Gasteiger partial charge in [-0.3, -0.25) is 9.48 Å². The van der Waals surface area contributed by atoms with Crippen LogP contribution < -0.4 is 5.32 Å². The summed E-state index contributed by atoms with van der Waals surface area (Å²) in [7, 11) is 1.79. The third-order valence-electron chi connectivity index (χ3n) is 2.61. The fourth-order valence-electron chi connectivity index (χ4n) is 1.80. The van der Waals surface area contributed by atoms with Crippen LogP contribution in [0.3, 0.4) is 0 Å². The standard InChI is InChI=1S/C12H14N4O4/c1-7-9-3-8(4-13-12(9)16(2)15-7)14-10(17)5-20-6-11(18)19/h3-4H,5-6H2,1-2H3,(H,14,17)(H,18,19). The molecule has 0 spiro atoms. The molecule has 2 rings (SSSR count). The van der Waals surface area contributed by atoms with Crippen LogP contribution in [-0.2, 0) is 21.4 Å². The maximum absolute atomic E-state index is 11.5. The molecule has 0 fully saturated rings. The summed E-state index contributed by atoms with van der Waals surface area (Å²) in [4.78, 5) is 26.0. The lowest BCUT2D eigenvalue weighted by Crippen LogP contribution is -2.20. The first-order chi connectivity index (χ1) is 9.47. The molecule has 2 aromatic rings. The van der Waals surface area contributed by atoms with Gasteiger partial charge in [-0.15, -0.1) is 0 Å². The zero-order valence-corrected chi connectivity index (χ0v) is 11.1. The SMILES string of the molecule is Cc1nn(C)c2ncc(NC(=O)COCC(=O)O)cc12. The summed E-state index contributed by atoms with van der Waals surface area (Å²) in [5, 5.41) is 16.1. The van der Waals surface area contributed by atoms with E-state index in [1.807, 2.05) is 6.92 Å². The lowest BCUT2D eigenvalue weighted by Gasteiger charge is -2.05. The molecule has 0 saturated heterocycles. The number of nitrogens with zero attached hydrogens (tertiary/aromatic N) is 3. The van der Waals surface area contributed by atoms with Gasteiger partial charge in [-0.25, -0.2) is 9.78 Å². The molecule has 0 unspecified atom stereocenters. The Morgan fingerprint density at radius 2 is 2.20 bits per heavy atom. The van der Waals surface area contributed by atoms with Crippen molar-refractivity contribution in [2.45, 2.75) is 6.92 Å². The van der Waals surface area contributed by atoms with Crippen molar-refractivity contribution in [2.24, 2.45) is 7.05 Å². The molecule has 0 saturated carbocycles. The lowest BCUT2D eigenvalue weighted by atomic mass is 10.2. The van der Waals surface area contributed by atoms with E-state index >= 15 is 0 Å². The zero-order chi connectivity index (χ0) is 14.7. The number of rotatable bonds is 5. The summed E-state index contributed by atoms with van der Waals surface area (Å²) < 4.78 is 6.35. The Hall–Kier alpha value is -2.48. The van der Waals surface area contributed by atoms with E-state index in [0.29, 0.717) is 5.69 Å². The predicted octanol–water partition coefficient (Wildman–Crippen LogP) is 0.316. The molecule has 0 bridgehead atoms. The number of aryl methyl sites for hydroxylation is 2. The van der Waals surface area contributed by atoms with Crippen LogP contribution in [0.4, 0.5) is 5.69 Å². The van der Waals surface area contributed by atoms with Crippen molar-refractivity contribution < 1.29 is 19.4 Å². The molecule has 0 aliphatic rings. The second-order valence-corrected chi connectivity index (χ2v) is 4.24. The van der Waals surface area contributed by atoms with Gasteiger partial charge < -0.3 is 15.2 Å². The second kappa shape index (κ2) is 5.66. The Balaban J connectivity index is 2.04. The molecule has 0 atom stereocenters. The molecule has 20 heavy (non-hydrogen) atoms. The van der Waals surface area contributed by atoms with Crippen LogP contribution in [0.5, 0.6) is 0 Å². The van der Waals surface area contributed by atoms with Gasteiger partial charge in [0.25, 0.3) is 0 Å². The number of carboxylic acid groups (broad SMARTS) is 1. The van der Waals surface area contributed by atoms with Crippen LogP contribution in [0.1, 0.15) is 5.69 Å². The average Bonchev–Trinajstić information content (AvgIpc) is 2.64. The normalized spacial score (nSPS) is 10.7. The molecule has 106 valence electrons. The first kappa shape index (κ1) is 13.9. The Kier molecular flexibility index (Phi) is 3.94. The van der Waals surface area contributed by atoms with Crippen LogP contribution in [0.15, 0.2) is 12.3 Å². The van der Waals surface area contributed by atoms with Crippen LogP contribution in [0, 0.1) is 6.92 Å². The maximum Gasteiger partial charge on any atom is 0.329 e. The smallest absolute Gasteiger partial charge is 0.329 e.